The predicted octanol–water partition coefficient (Wildman–Crippen LogP) is 2.10. The van der Waals surface area contributed by atoms with Crippen molar-refractivity contribution in [1.82, 2.24) is 4.37 Å². The fraction of sp³-hybridized carbons (Fsp3) is 0.500. The first kappa shape index (κ1) is 8.39. The Kier molecular flexibility index (Phi) is 2.76. The Hall–Kier alpha value is -0.710. The number of aromatic nitrogens is 1. The third kappa shape index (κ3) is 2.80. The molecule has 1 aromatic rings. The first-order chi connectivity index (χ1) is 5.18. The minimum Gasteiger partial charge on any atom is -0.471 e. The molecular formula is C6H7F2NOS. The number of hydrogen-bond donors (Lipinski definition) is 0. The average molecular weight is 179 g/mol. The van der Waals surface area contributed by atoms with Crippen LogP contribution in [0.1, 0.15) is 4.88 Å². The molecule has 1 heterocycles. The summed E-state index contributed by atoms with van der Waals surface area (Å²) in [6.07, 6.45) is -2.43. The monoisotopic (exact) mass is 179 g/mol. The Bertz CT molecular complexity index is 226. The van der Waals surface area contributed by atoms with Crippen molar-refractivity contribution in [2.75, 3.05) is 6.61 Å². The summed E-state index contributed by atoms with van der Waals surface area (Å²) in [7, 11) is 0. The zero-order valence-corrected chi connectivity index (χ0v) is 6.70. The highest BCUT2D eigenvalue weighted by Gasteiger charge is 2.04. The number of halogens is 2. The van der Waals surface area contributed by atoms with Gasteiger partial charge in [0.1, 0.15) is 0 Å². The van der Waals surface area contributed by atoms with Gasteiger partial charge in [-0.1, -0.05) is 0 Å². The van der Waals surface area contributed by atoms with Gasteiger partial charge in [0, 0.05) is 10.9 Å². The molecule has 0 atom stereocenters. The van der Waals surface area contributed by atoms with Gasteiger partial charge in [0.15, 0.2) is 6.61 Å². The second-order valence-electron chi connectivity index (χ2n) is 1.98. The van der Waals surface area contributed by atoms with Crippen molar-refractivity contribution in [3.63, 3.8) is 0 Å². The van der Waals surface area contributed by atoms with Crippen molar-refractivity contribution in [2.45, 2.75) is 13.3 Å². The molecule has 0 saturated carbocycles. The van der Waals surface area contributed by atoms with Crippen LogP contribution < -0.4 is 4.74 Å². The molecule has 0 amide bonds. The van der Waals surface area contributed by atoms with E-state index in [-0.39, 0.29) is 5.88 Å². The van der Waals surface area contributed by atoms with Gasteiger partial charge in [0.25, 0.3) is 6.43 Å². The van der Waals surface area contributed by atoms with Crippen LogP contribution in [0.2, 0.25) is 0 Å². The fourth-order valence-electron chi connectivity index (χ4n) is 0.560. The van der Waals surface area contributed by atoms with E-state index in [0.717, 1.165) is 4.88 Å². The molecule has 1 rings (SSSR count). The zero-order chi connectivity index (χ0) is 8.27. The molecule has 5 heteroatoms. The van der Waals surface area contributed by atoms with E-state index in [4.69, 9.17) is 0 Å². The Morgan fingerprint density at radius 1 is 1.73 bits per heavy atom. The molecule has 0 aliphatic heterocycles. The quantitative estimate of drug-likeness (QED) is 0.708. The van der Waals surface area contributed by atoms with Crippen molar-refractivity contribution >= 4 is 11.5 Å². The second-order valence-corrected chi connectivity index (χ2v) is 2.99. The molecular weight excluding hydrogens is 172 g/mol. The number of alkyl halides is 2. The van der Waals surface area contributed by atoms with Gasteiger partial charge in [0.2, 0.25) is 5.88 Å². The standard InChI is InChI=1S/C6H7F2NOS/c1-4-2-6(9-11-4)10-3-5(7)8/h2,5H,3H2,1H3. The van der Waals surface area contributed by atoms with Gasteiger partial charge < -0.3 is 4.74 Å². The largest absolute Gasteiger partial charge is 0.471 e. The van der Waals surface area contributed by atoms with Crippen molar-refractivity contribution in [3.05, 3.63) is 10.9 Å². The average Bonchev–Trinajstić information content (AvgIpc) is 2.31. The Morgan fingerprint density at radius 2 is 2.45 bits per heavy atom. The molecule has 0 bridgehead atoms. The molecule has 0 aliphatic carbocycles. The molecule has 0 aromatic carbocycles. The number of ether oxygens (including phenoxy) is 1. The smallest absolute Gasteiger partial charge is 0.272 e. The van der Waals surface area contributed by atoms with Crippen LogP contribution in [0, 0.1) is 6.92 Å². The first-order valence-corrected chi connectivity index (χ1v) is 3.80. The van der Waals surface area contributed by atoms with E-state index in [0.29, 0.717) is 0 Å². The van der Waals surface area contributed by atoms with Gasteiger partial charge in [0.05, 0.1) is 0 Å². The molecule has 2 nitrogen and oxygen atoms in total. The highest BCUT2D eigenvalue weighted by atomic mass is 32.1. The van der Waals surface area contributed by atoms with Crippen LogP contribution in [0.25, 0.3) is 0 Å². The van der Waals surface area contributed by atoms with E-state index >= 15 is 0 Å². The van der Waals surface area contributed by atoms with Crippen LogP contribution in [-0.4, -0.2) is 17.4 Å². The van der Waals surface area contributed by atoms with E-state index in [9.17, 15) is 8.78 Å². The normalized spacial score (nSPS) is 10.5. The summed E-state index contributed by atoms with van der Waals surface area (Å²) < 4.78 is 31.6. The Labute approximate surface area is 67.0 Å². The first-order valence-electron chi connectivity index (χ1n) is 3.03. The molecule has 0 radical (unpaired) electrons. The molecule has 11 heavy (non-hydrogen) atoms. The number of nitrogens with zero attached hydrogens (tertiary/aromatic N) is 1. The molecule has 62 valence electrons. The van der Waals surface area contributed by atoms with Crippen LogP contribution in [0.15, 0.2) is 6.07 Å². The topological polar surface area (TPSA) is 22.1 Å². The highest BCUT2D eigenvalue weighted by Crippen LogP contribution is 2.15. The van der Waals surface area contributed by atoms with Gasteiger partial charge in [-0.15, -0.1) is 0 Å². The van der Waals surface area contributed by atoms with Crippen molar-refractivity contribution in [2.24, 2.45) is 0 Å². The summed E-state index contributed by atoms with van der Waals surface area (Å²) in [5.74, 6) is 0.285. The molecule has 0 unspecified atom stereocenters. The molecule has 0 N–H and O–H groups in total. The summed E-state index contributed by atoms with van der Waals surface area (Å²) in [5, 5.41) is 0. The molecule has 0 aliphatic rings. The maximum absolute atomic E-state index is 11.6. The fourth-order valence-corrected chi connectivity index (χ4v) is 1.05. The minimum absolute atomic E-state index is 0.285. The number of hydrogen-bond acceptors (Lipinski definition) is 3. The lowest BCUT2D eigenvalue weighted by atomic mass is 10.5. The third-order valence-electron chi connectivity index (χ3n) is 0.964. The second kappa shape index (κ2) is 3.61. The number of aryl methyl sites for hydroxylation is 1. The van der Waals surface area contributed by atoms with Gasteiger partial charge in [-0.05, 0) is 18.5 Å². The van der Waals surface area contributed by atoms with Crippen molar-refractivity contribution in [1.29, 1.82) is 0 Å². The van der Waals surface area contributed by atoms with Crippen LogP contribution in [0.3, 0.4) is 0 Å². The van der Waals surface area contributed by atoms with Gasteiger partial charge in [-0.3, -0.25) is 0 Å². The lowest BCUT2D eigenvalue weighted by molar-refractivity contribution is 0.0801. The van der Waals surface area contributed by atoms with Crippen molar-refractivity contribution < 1.29 is 13.5 Å². The lowest BCUT2D eigenvalue weighted by Gasteiger charge is -1.98. The van der Waals surface area contributed by atoms with E-state index in [2.05, 4.69) is 9.11 Å². The molecule has 0 saturated heterocycles. The Morgan fingerprint density at radius 3 is 2.91 bits per heavy atom. The van der Waals surface area contributed by atoms with Crippen LogP contribution in [0.4, 0.5) is 8.78 Å². The number of rotatable bonds is 3. The predicted molar refractivity (Wildman–Crippen MR) is 38.4 cm³/mol. The summed E-state index contributed by atoms with van der Waals surface area (Å²) in [6.45, 7) is 1.26. The Balaban J connectivity index is 2.39. The minimum atomic E-state index is -2.43. The molecule has 0 spiro atoms. The third-order valence-corrected chi connectivity index (χ3v) is 1.64. The van der Waals surface area contributed by atoms with Gasteiger partial charge in [-0.25, -0.2) is 8.78 Å². The lowest BCUT2D eigenvalue weighted by Crippen LogP contribution is -2.06. The van der Waals surface area contributed by atoms with E-state index < -0.39 is 13.0 Å². The van der Waals surface area contributed by atoms with Crippen LogP contribution in [0.5, 0.6) is 5.88 Å². The summed E-state index contributed by atoms with van der Waals surface area (Å²) in [4.78, 5) is 0.953. The zero-order valence-electron chi connectivity index (χ0n) is 5.88. The van der Waals surface area contributed by atoms with E-state index in [1.54, 1.807) is 6.07 Å². The summed E-state index contributed by atoms with van der Waals surface area (Å²) in [6, 6.07) is 1.63. The maximum Gasteiger partial charge on any atom is 0.272 e. The summed E-state index contributed by atoms with van der Waals surface area (Å²) >= 11 is 1.24. The van der Waals surface area contributed by atoms with Crippen LogP contribution in [-0.2, 0) is 0 Å². The van der Waals surface area contributed by atoms with E-state index in [1.807, 2.05) is 6.92 Å². The van der Waals surface area contributed by atoms with Gasteiger partial charge >= 0.3 is 0 Å². The summed E-state index contributed by atoms with van der Waals surface area (Å²) in [5.41, 5.74) is 0. The van der Waals surface area contributed by atoms with Gasteiger partial charge in [-0.2, -0.15) is 4.37 Å². The van der Waals surface area contributed by atoms with Crippen molar-refractivity contribution in [3.8, 4) is 5.88 Å². The highest BCUT2D eigenvalue weighted by molar-refractivity contribution is 7.05. The molecule has 0 fully saturated rings. The molecule has 1 aromatic heterocycles. The van der Waals surface area contributed by atoms with Crippen LogP contribution >= 0.6 is 11.5 Å². The van der Waals surface area contributed by atoms with E-state index in [1.165, 1.54) is 11.5 Å². The SMILES string of the molecule is Cc1cc(OCC(F)F)ns1. The maximum atomic E-state index is 11.6.